The number of thiophene rings is 1. The summed E-state index contributed by atoms with van der Waals surface area (Å²) in [6.45, 7) is 2.43. The molecule has 0 fully saturated rings. The van der Waals surface area contributed by atoms with Gasteiger partial charge in [0.2, 0.25) is 0 Å². The first-order valence-electron chi connectivity index (χ1n) is 4.69. The van der Waals surface area contributed by atoms with Crippen molar-refractivity contribution >= 4 is 33.2 Å². The maximum atomic E-state index is 11.7. The van der Waals surface area contributed by atoms with Crippen molar-refractivity contribution in [3.8, 4) is 0 Å². The molecule has 84 valence electrons. The largest absolute Gasteiger partial charge is 0.346 e. The van der Waals surface area contributed by atoms with Gasteiger partial charge in [0.1, 0.15) is 0 Å². The number of hydrogen-bond donors (Lipinski definition) is 2. The van der Waals surface area contributed by atoms with Gasteiger partial charge in [0.25, 0.3) is 5.91 Å². The number of aromatic nitrogens is 2. The van der Waals surface area contributed by atoms with Crippen LogP contribution in [0.15, 0.2) is 22.1 Å². The van der Waals surface area contributed by atoms with Gasteiger partial charge in [0.05, 0.1) is 20.9 Å². The number of aromatic amines is 1. The van der Waals surface area contributed by atoms with E-state index >= 15 is 0 Å². The number of nitrogens with zero attached hydrogens (tertiary/aromatic N) is 1. The quantitative estimate of drug-likeness (QED) is 0.915. The third-order valence-corrected chi connectivity index (χ3v) is 4.21. The van der Waals surface area contributed by atoms with Crippen LogP contribution in [0.5, 0.6) is 0 Å². The molecule has 0 aromatic carbocycles. The fourth-order valence-electron chi connectivity index (χ4n) is 1.22. The Morgan fingerprint density at radius 2 is 2.50 bits per heavy atom. The smallest absolute Gasteiger partial charge is 0.261 e. The molecule has 0 saturated carbocycles. The summed E-state index contributed by atoms with van der Waals surface area (Å²) < 4.78 is 0.999. The zero-order chi connectivity index (χ0) is 11.5. The molecule has 2 aromatic heterocycles. The predicted molar refractivity (Wildman–Crippen MR) is 66.5 cm³/mol. The first kappa shape index (κ1) is 11.3. The van der Waals surface area contributed by atoms with Crippen LogP contribution in [0.2, 0.25) is 0 Å². The van der Waals surface area contributed by atoms with E-state index in [2.05, 4.69) is 31.4 Å². The highest BCUT2D eigenvalue weighted by atomic mass is 79.9. The lowest BCUT2D eigenvalue weighted by atomic mass is 10.3. The number of halogens is 1. The lowest BCUT2D eigenvalue weighted by Crippen LogP contribution is -2.21. The molecule has 2 rings (SSSR count). The van der Waals surface area contributed by atoms with Crippen LogP contribution in [-0.4, -0.2) is 16.1 Å². The van der Waals surface area contributed by atoms with E-state index in [0.29, 0.717) is 11.4 Å². The van der Waals surface area contributed by atoms with Gasteiger partial charge in [0, 0.05) is 6.20 Å². The van der Waals surface area contributed by atoms with Gasteiger partial charge in [0.15, 0.2) is 0 Å². The van der Waals surface area contributed by atoms with Crippen LogP contribution in [-0.2, 0) is 6.54 Å². The molecule has 0 aliphatic carbocycles. The summed E-state index contributed by atoms with van der Waals surface area (Å²) in [7, 11) is 0. The van der Waals surface area contributed by atoms with Crippen molar-refractivity contribution in [3.05, 3.63) is 38.3 Å². The van der Waals surface area contributed by atoms with E-state index in [1.165, 1.54) is 11.3 Å². The summed E-state index contributed by atoms with van der Waals surface area (Å²) in [5, 5.41) is 9.42. The van der Waals surface area contributed by atoms with Crippen molar-refractivity contribution in [2.24, 2.45) is 0 Å². The van der Waals surface area contributed by atoms with Crippen molar-refractivity contribution in [2.75, 3.05) is 0 Å². The molecule has 6 heteroatoms. The standard InChI is InChI=1S/C10H10BrN3OS/c1-6-4-8(16-9(6)11)10(15)12-5-7-2-3-13-14-7/h2-4H,5H2,1H3,(H,12,15)(H,13,14). The third-order valence-electron chi connectivity index (χ3n) is 2.08. The van der Waals surface area contributed by atoms with Gasteiger partial charge >= 0.3 is 0 Å². The van der Waals surface area contributed by atoms with Crippen molar-refractivity contribution in [2.45, 2.75) is 13.5 Å². The van der Waals surface area contributed by atoms with Crippen LogP contribution >= 0.6 is 27.3 Å². The van der Waals surface area contributed by atoms with Crippen molar-refractivity contribution in [1.82, 2.24) is 15.5 Å². The average Bonchev–Trinajstić information content (AvgIpc) is 2.86. The minimum absolute atomic E-state index is 0.0617. The number of aryl methyl sites for hydroxylation is 1. The second kappa shape index (κ2) is 4.80. The van der Waals surface area contributed by atoms with Crippen molar-refractivity contribution in [3.63, 3.8) is 0 Å². The van der Waals surface area contributed by atoms with Gasteiger partial charge in [-0.05, 0) is 40.5 Å². The van der Waals surface area contributed by atoms with E-state index in [-0.39, 0.29) is 5.91 Å². The van der Waals surface area contributed by atoms with Crippen molar-refractivity contribution < 1.29 is 4.79 Å². The number of rotatable bonds is 3. The minimum atomic E-state index is -0.0617. The van der Waals surface area contributed by atoms with E-state index in [9.17, 15) is 4.79 Å². The molecule has 0 spiro atoms. The molecule has 0 aliphatic rings. The highest BCUT2D eigenvalue weighted by Gasteiger charge is 2.10. The lowest BCUT2D eigenvalue weighted by molar-refractivity contribution is 0.0954. The SMILES string of the molecule is Cc1cc(C(=O)NCc2ccn[nH]2)sc1Br. The Hall–Kier alpha value is -1.14. The molecule has 1 amide bonds. The number of carbonyl (C=O) groups excluding carboxylic acids is 1. The lowest BCUT2D eigenvalue weighted by Gasteiger charge is -2.00. The summed E-state index contributed by atoms with van der Waals surface area (Å²) in [6.07, 6.45) is 1.66. The van der Waals surface area contributed by atoms with E-state index < -0.39 is 0 Å². The van der Waals surface area contributed by atoms with Gasteiger partial charge in [-0.1, -0.05) is 0 Å². The molecule has 0 unspecified atom stereocenters. The maximum absolute atomic E-state index is 11.7. The first-order valence-corrected chi connectivity index (χ1v) is 6.30. The predicted octanol–water partition coefficient (Wildman–Crippen LogP) is 2.47. The number of hydrogen-bond acceptors (Lipinski definition) is 3. The number of nitrogens with one attached hydrogen (secondary N) is 2. The Balaban J connectivity index is 1.98. The Morgan fingerprint density at radius 1 is 1.69 bits per heavy atom. The minimum Gasteiger partial charge on any atom is -0.346 e. The molecule has 2 N–H and O–H groups in total. The Bertz CT molecular complexity index is 473. The van der Waals surface area contributed by atoms with Gasteiger partial charge in [-0.3, -0.25) is 9.89 Å². The molecular weight excluding hydrogens is 290 g/mol. The van der Waals surface area contributed by atoms with Gasteiger partial charge in [-0.2, -0.15) is 5.10 Å². The number of amides is 1. The summed E-state index contributed by atoms with van der Waals surface area (Å²) >= 11 is 4.83. The average molecular weight is 300 g/mol. The molecule has 2 heterocycles. The normalized spacial score (nSPS) is 10.4. The number of carbonyl (C=O) groups is 1. The second-order valence-corrected chi connectivity index (χ2v) is 5.70. The Morgan fingerprint density at radius 3 is 3.06 bits per heavy atom. The van der Waals surface area contributed by atoms with E-state index in [1.54, 1.807) is 6.20 Å². The maximum Gasteiger partial charge on any atom is 0.261 e. The monoisotopic (exact) mass is 299 g/mol. The summed E-state index contributed by atoms with van der Waals surface area (Å²) in [6, 6.07) is 3.70. The van der Waals surface area contributed by atoms with Crippen molar-refractivity contribution in [1.29, 1.82) is 0 Å². The summed E-state index contributed by atoms with van der Waals surface area (Å²) in [5.41, 5.74) is 1.97. The van der Waals surface area contributed by atoms with Gasteiger partial charge in [-0.25, -0.2) is 0 Å². The molecular formula is C10H10BrN3OS. The molecule has 2 aromatic rings. The zero-order valence-electron chi connectivity index (χ0n) is 8.58. The van der Waals surface area contributed by atoms with Crippen LogP contribution in [0.25, 0.3) is 0 Å². The molecule has 0 saturated heterocycles. The second-order valence-electron chi connectivity index (χ2n) is 3.33. The molecule has 0 aliphatic heterocycles. The zero-order valence-corrected chi connectivity index (χ0v) is 11.0. The fourth-order valence-corrected chi connectivity index (χ4v) is 2.67. The Kier molecular flexibility index (Phi) is 3.40. The summed E-state index contributed by atoms with van der Waals surface area (Å²) in [4.78, 5) is 12.5. The van der Waals surface area contributed by atoms with E-state index in [1.807, 2.05) is 19.1 Å². The number of H-pyrrole nitrogens is 1. The van der Waals surface area contributed by atoms with Crippen LogP contribution in [0.3, 0.4) is 0 Å². The topological polar surface area (TPSA) is 57.8 Å². The fraction of sp³-hybridized carbons (Fsp3) is 0.200. The van der Waals surface area contributed by atoms with Crippen LogP contribution < -0.4 is 5.32 Å². The van der Waals surface area contributed by atoms with E-state index in [0.717, 1.165) is 15.0 Å². The summed E-state index contributed by atoms with van der Waals surface area (Å²) in [5.74, 6) is -0.0617. The highest BCUT2D eigenvalue weighted by Crippen LogP contribution is 2.27. The van der Waals surface area contributed by atoms with Gasteiger partial charge in [-0.15, -0.1) is 11.3 Å². The van der Waals surface area contributed by atoms with Crippen LogP contribution in [0, 0.1) is 6.92 Å². The Labute approximate surface area is 105 Å². The van der Waals surface area contributed by atoms with Gasteiger partial charge < -0.3 is 5.32 Å². The molecule has 0 atom stereocenters. The van der Waals surface area contributed by atoms with Crippen LogP contribution in [0.4, 0.5) is 0 Å². The highest BCUT2D eigenvalue weighted by molar-refractivity contribution is 9.11. The molecule has 16 heavy (non-hydrogen) atoms. The van der Waals surface area contributed by atoms with Crippen LogP contribution in [0.1, 0.15) is 20.9 Å². The third kappa shape index (κ3) is 2.51. The van der Waals surface area contributed by atoms with E-state index in [4.69, 9.17) is 0 Å². The molecule has 0 bridgehead atoms. The molecule has 0 radical (unpaired) electrons. The molecule has 4 nitrogen and oxygen atoms in total. The first-order chi connectivity index (χ1) is 7.66.